The Kier molecular flexibility index (Phi) is 5.64. The molecule has 1 aliphatic carbocycles. The fraction of sp³-hybridized carbons (Fsp3) is 0.462. The lowest BCUT2D eigenvalue weighted by Crippen LogP contribution is -2.61. The molecule has 32 heavy (non-hydrogen) atoms. The molecule has 6 heteroatoms. The maximum absolute atomic E-state index is 12.9. The number of carbonyl (C=O) groups excluding carboxylic acids is 1. The van der Waals surface area contributed by atoms with Crippen LogP contribution in [0.4, 0.5) is 4.79 Å². The number of ether oxygens (including phenoxy) is 1. The Morgan fingerprint density at radius 3 is 2.00 bits per heavy atom. The number of likely N-dealkylation sites (tertiary alicyclic amines) is 2. The average Bonchev–Trinajstić information content (AvgIpc) is 3.17. The molecule has 0 radical (unpaired) electrons. The van der Waals surface area contributed by atoms with E-state index in [2.05, 4.69) is 29.2 Å². The number of hydrogen-bond donors (Lipinski definition) is 1. The van der Waals surface area contributed by atoms with E-state index in [1.165, 1.54) is 22.3 Å². The number of carbonyl (C=O) groups is 2. The summed E-state index contributed by atoms with van der Waals surface area (Å²) in [7, 11) is 0. The van der Waals surface area contributed by atoms with Crippen LogP contribution in [0.25, 0.3) is 11.1 Å². The largest absolute Gasteiger partial charge is 0.480 e. The highest BCUT2D eigenvalue weighted by Crippen LogP contribution is 2.44. The highest BCUT2D eigenvalue weighted by molar-refractivity contribution is 5.80. The van der Waals surface area contributed by atoms with Crippen LogP contribution in [-0.2, 0) is 9.53 Å². The number of nitrogens with zero attached hydrogens (tertiary/aromatic N) is 2. The van der Waals surface area contributed by atoms with Gasteiger partial charge in [0.05, 0.1) is 0 Å². The summed E-state index contributed by atoms with van der Waals surface area (Å²) in [6.07, 6.45) is 3.82. The minimum atomic E-state index is -0.847. The molecular formula is C26H30N2O4. The molecule has 168 valence electrons. The Labute approximate surface area is 188 Å². The van der Waals surface area contributed by atoms with E-state index >= 15 is 0 Å². The first-order valence-electron chi connectivity index (χ1n) is 11.7. The molecule has 0 unspecified atom stereocenters. The zero-order chi connectivity index (χ0) is 22.1. The Bertz CT molecular complexity index is 961. The minimum Gasteiger partial charge on any atom is -0.480 e. The van der Waals surface area contributed by atoms with Crippen molar-refractivity contribution in [2.45, 2.75) is 43.6 Å². The Hall–Kier alpha value is -2.86. The van der Waals surface area contributed by atoms with Crippen LogP contribution in [-0.4, -0.2) is 65.3 Å². The third-order valence-electron chi connectivity index (χ3n) is 7.54. The van der Waals surface area contributed by atoms with Crippen molar-refractivity contribution in [1.82, 2.24) is 9.80 Å². The lowest BCUT2D eigenvalue weighted by Gasteiger charge is -2.47. The van der Waals surface area contributed by atoms with Gasteiger partial charge in [0.2, 0.25) is 0 Å². The van der Waals surface area contributed by atoms with Gasteiger partial charge in [-0.2, -0.15) is 0 Å². The van der Waals surface area contributed by atoms with Crippen LogP contribution >= 0.6 is 0 Å². The summed E-state index contributed by atoms with van der Waals surface area (Å²) in [4.78, 5) is 28.9. The summed E-state index contributed by atoms with van der Waals surface area (Å²) in [6, 6.07) is 16.6. The average molecular weight is 435 g/mol. The lowest BCUT2D eigenvalue weighted by atomic mass is 9.84. The summed E-state index contributed by atoms with van der Waals surface area (Å²) in [6.45, 7) is 2.78. The first kappa shape index (κ1) is 21.0. The van der Waals surface area contributed by atoms with E-state index in [1.807, 2.05) is 24.3 Å². The van der Waals surface area contributed by atoms with Gasteiger partial charge in [0, 0.05) is 19.0 Å². The number of carboxylic acids is 1. The summed E-state index contributed by atoms with van der Waals surface area (Å²) >= 11 is 0. The summed E-state index contributed by atoms with van der Waals surface area (Å²) < 4.78 is 5.78. The first-order valence-corrected chi connectivity index (χ1v) is 11.7. The molecule has 0 bridgehead atoms. The zero-order valence-corrected chi connectivity index (χ0v) is 18.3. The molecule has 1 amide bonds. The van der Waals surface area contributed by atoms with Gasteiger partial charge in [-0.15, -0.1) is 0 Å². The highest BCUT2D eigenvalue weighted by Gasteiger charge is 2.47. The molecule has 2 aromatic rings. The Morgan fingerprint density at radius 2 is 1.44 bits per heavy atom. The topological polar surface area (TPSA) is 70.1 Å². The van der Waals surface area contributed by atoms with Crippen LogP contribution in [0.1, 0.15) is 49.1 Å². The third-order valence-corrected chi connectivity index (χ3v) is 7.54. The SMILES string of the molecule is O=C(OCC1c2ccccc2-c2ccccc21)N1CCC(C(=O)O)(N2CCCCC2)CC1. The Balaban J connectivity index is 1.24. The molecule has 3 aliphatic rings. The molecule has 1 N–H and O–H groups in total. The van der Waals surface area contributed by atoms with Crippen LogP contribution in [0.2, 0.25) is 0 Å². The van der Waals surface area contributed by atoms with Crippen molar-refractivity contribution in [1.29, 1.82) is 0 Å². The van der Waals surface area contributed by atoms with Crippen molar-refractivity contribution in [3.63, 3.8) is 0 Å². The van der Waals surface area contributed by atoms with Gasteiger partial charge in [-0.05, 0) is 61.0 Å². The van der Waals surface area contributed by atoms with Gasteiger partial charge in [0.15, 0.2) is 0 Å². The molecule has 2 saturated heterocycles. The molecule has 2 heterocycles. The number of piperidine rings is 2. The van der Waals surface area contributed by atoms with Crippen molar-refractivity contribution in [2.75, 3.05) is 32.8 Å². The third kappa shape index (κ3) is 3.56. The van der Waals surface area contributed by atoms with Crippen LogP contribution in [0.15, 0.2) is 48.5 Å². The monoisotopic (exact) mass is 434 g/mol. The molecule has 0 saturated carbocycles. The molecule has 2 aromatic carbocycles. The summed E-state index contributed by atoms with van der Waals surface area (Å²) in [5.41, 5.74) is 3.94. The number of benzene rings is 2. The van der Waals surface area contributed by atoms with Crippen molar-refractivity contribution < 1.29 is 19.4 Å². The quantitative estimate of drug-likeness (QED) is 0.775. The summed E-state index contributed by atoms with van der Waals surface area (Å²) in [5.74, 6) is -0.728. The predicted molar refractivity (Wildman–Crippen MR) is 122 cm³/mol. The molecule has 0 spiro atoms. The first-order chi connectivity index (χ1) is 15.6. The van der Waals surface area contributed by atoms with E-state index < -0.39 is 11.5 Å². The van der Waals surface area contributed by atoms with E-state index in [1.54, 1.807) is 4.90 Å². The van der Waals surface area contributed by atoms with Crippen LogP contribution < -0.4 is 0 Å². The predicted octanol–water partition coefficient (Wildman–Crippen LogP) is 4.34. The maximum Gasteiger partial charge on any atom is 0.409 e. The van der Waals surface area contributed by atoms with E-state index in [-0.39, 0.29) is 12.0 Å². The van der Waals surface area contributed by atoms with E-state index in [4.69, 9.17) is 4.74 Å². The van der Waals surface area contributed by atoms with Gasteiger partial charge in [0.25, 0.3) is 0 Å². The van der Waals surface area contributed by atoms with E-state index in [9.17, 15) is 14.7 Å². The second-order valence-electron chi connectivity index (χ2n) is 9.18. The van der Waals surface area contributed by atoms with Gasteiger partial charge in [-0.25, -0.2) is 4.79 Å². The number of carboxylic acid groups (broad SMARTS) is 1. The van der Waals surface area contributed by atoms with Crippen molar-refractivity contribution >= 4 is 12.1 Å². The molecule has 6 nitrogen and oxygen atoms in total. The van der Waals surface area contributed by atoms with Crippen molar-refractivity contribution in [2.24, 2.45) is 0 Å². The molecule has 0 atom stereocenters. The van der Waals surface area contributed by atoms with Crippen LogP contribution in [0, 0.1) is 0 Å². The highest BCUT2D eigenvalue weighted by atomic mass is 16.6. The van der Waals surface area contributed by atoms with Gasteiger partial charge in [-0.1, -0.05) is 55.0 Å². The normalized spacial score (nSPS) is 20.4. The lowest BCUT2D eigenvalue weighted by molar-refractivity contribution is -0.156. The number of fused-ring (bicyclic) bond motifs is 3. The van der Waals surface area contributed by atoms with Gasteiger partial charge < -0.3 is 14.7 Å². The molecule has 2 aliphatic heterocycles. The number of amides is 1. The molecule has 2 fully saturated rings. The number of rotatable bonds is 4. The number of aliphatic carboxylic acids is 1. The smallest absolute Gasteiger partial charge is 0.409 e. The number of hydrogen-bond acceptors (Lipinski definition) is 4. The van der Waals surface area contributed by atoms with Crippen LogP contribution in [0.5, 0.6) is 0 Å². The minimum absolute atomic E-state index is 0.0302. The zero-order valence-electron chi connectivity index (χ0n) is 18.3. The van der Waals surface area contributed by atoms with Crippen LogP contribution in [0.3, 0.4) is 0 Å². The van der Waals surface area contributed by atoms with Gasteiger partial charge in [0.1, 0.15) is 12.1 Å². The standard InChI is InChI=1S/C26H30N2O4/c29-24(30)26(28-14-6-1-7-15-28)12-16-27(17-13-26)25(31)32-18-23-21-10-4-2-8-19(21)20-9-3-5-11-22(20)23/h2-5,8-11,23H,1,6-7,12-18H2,(H,29,30). The van der Waals surface area contributed by atoms with E-state index in [0.717, 1.165) is 32.4 Å². The fourth-order valence-corrected chi connectivity index (χ4v) is 5.73. The second kappa shape index (κ2) is 8.58. The second-order valence-corrected chi connectivity index (χ2v) is 9.18. The Morgan fingerprint density at radius 1 is 0.875 bits per heavy atom. The maximum atomic E-state index is 12.9. The van der Waals surface area contributed by atoms with E-state index in [0.29, 0.717) is 32.5 Å². The van der Waals surface area contributed by atoms with Gasteiger partial charge in [-0.3, -0.25) is 9.69 Å². The molecule has 0 aromatic heterocycles. The summed E-state index contributed by atoms with van der Waals surface area (Å²) in [5, 5.41) is 10.0. The van der Waals surface area contributed by atoms with Crippen molar-refractivity contribution in [3.8, 4) is 11.1 Å². The molecular weight excluding hydrogens is 404 g/mol. The molecule has 5 rings (SSSR count). The van der Waals surface area contributed by atoms with Gasteiger partial charge >= 0.3 is 12.1 Å². The van der Waals surface area contributed by atoms with Crippen molar-refractivity contribution in [3.05, 3.63) is 59.7 Å². The fourth-order valence-electron chi connectivity index (χ4n) is 5.73.